The van der Waals surface area contributed by atoms with Crippen LogP contribution in [0.3, 0.4) is 0 Å². The van der Waals surface area contributed by atoms with Crippen LogP contribution >= 0.6 is 27.5 Å². The lowest BCUT2D eigenvalue weighted by atomic mass is 10.2. The summed E-state index contributed by atoms with van der Waals surface area (Å²) in [6, 6.07) is 3.29. The molecular weight excluding hydrogens is 243 g/mol. The standard InChI is InChI=1S/C8H6BrClO2/c1-12-6-3-2-5(4-11)7(9)8(6)10/h2-4H,1H3. The molecule has 0 bridgehead atoms. The molecule has 0 heterocycles. The number of methoxy groups -OCH3 is 1. The molecule has 0 amide bonds. The van der Waals surface area contributed by atoms with Crippen molar-refractivity contribution in [2.24, 2.45) is 0 Å². The smallest absolute Gasteiger partial charge is 0.151 e. The molecular formula is C8H6BrClO2. The monoisotopic (exact) mass is 248 g/mol. The van der Waals surface area contributed by atoms with Gasteiger partial charge in [-0.15, -0.1) is 0 Å². The molecule has 0 N–H and O–H groups in total. The van der Waals surface area contributed by atoms with E-state index in [-0.39, 0.29) is 0 Å². The number of benzene rings is 1. The SMILES string of the molecule is COc1ccc(C=O)c(Br)c1Cl. The van der Waals surface area contributed by atoms with Gasteiger partial charge in [-0.1, -0.05) is 11.6 Å². The molecule has 1 rings (SSSR count). The lowest BCUT2D eigenvalue weighted by Crippen LogP contribution is -1.88. The maximum absolute atomic E-state index is 10.4. The summed E-state index contributed by atoms with van der Waals surface area (Å²) in [5.74, 6) is 0.550. The Labute approximate surface area is 83.6 Å². The largest absolute Gasteiger partial charge is 0.495 e. The zero-order valence-electron chi connectivity index (χ0n) is 6.30. The Bertz CT molecular complexity index is 312. The van der Waals surface area contributed by atoms with Crippen molar-refractivity contribution in [2.75, 3.05) is 7.11 Å². The zero-order chi connectivity index (χ0) is 9.14. The van der Waals surface area contributed by atoms with Gasteiger partial charge >= 0.3 is 0 Å². The van der Waals surface area contributed by atoms with Gasteiger partial charge in [0.1, 0.15) is 5.75 Å². The molecule has 0 atom stereocenters. The van der Waals surface area contributed by atoms with Gasteiger partial charge < -0.3 is 4.74 Å². The Morgan fingerprint density at radius 1 is 1.58 bits per heavy atom. The first kappa shape index (κ1) is 9.55. The minimum Gasteiger partial charge on any atom is -0.495 e. The predicted molar refractivity (Wildman–Crippen MR) is 51.1 cm³/mol. The van der Waals surface area contributed by atoms with Crippen LogP contribution in [0.2, 0.25) is 5.02 Å². The van der Waals surface area contributed by atoms with E-state index in [4.69, 9.17) is 16.3 Å². The molecule has 4 heteroatoms. The van der Waals surface area contributed by atoms with Gasteiger partial charge in [0.25, 0.3) is 0 Å². The summed E-state index contributed by atoms with van der Waals surface area (Å²) in [5, 5.41) is 0.419. The number of carbonyl (C=O) groups is 1. The number of carbonyl (C=O) groups excluding carboxylic acids is 1. The van der Waals surface area contributed by atoms with Gasteiger partial charge in [0.2, 0.25) is 0 Å². The van der Waals surface area contributed by atoms with E-state index in [1.165, 1.54) is 7.11 Å². The van der Waals surface area contributed by atoms with Gasteiger partial charge in [0.05, 0.1) is 16.6 Å². The van der Waals surface area contributed by atoms with Crippen LogP contribution < -0.4 is 4.74 Å². The van der Waals surface area contributed by atoms with Crippen molar-refractivity contribution < 1.29 is 9.53 Å². The zero-order valence-corrected chi connectivity index (χ0v) is 8.65. The molecule has 0 aliphatic carbocycles. The molecule has 0 spiro atoms. The average Bonchev–Trinajstić information content (AvgIpc) is 2.10. The number of aldehydes is 1. The van der Waals surface area contributed by atoms with Gasteiger partial charge in [-0.2, -0.15) is 0 Å². The predicted octanol–water partition coefficient (Wildman–Crippen LogP) is 2.92. The fourth-order valence-corrected chi connectivity index (χ4v) is 1.47. The first-order valence-corrected chi connectivity index (χ1v) is 4.35. The highest BCUT2D eigenvalue weighted by atomic mass is 79.9. The Kier molecular flexibility index (Phi) is 3.12. The van der Waals surface area contributed by atoms with Gasteiger partial charge in [-0.3, -0.25) is 4.79 Å². The summed E-state index contributed by atoms with van der Waals surface area (Å²) in [6.07, 6.45) is 0.732. The van der Waals surface area contributed by atoms with Crippen molar-refractivity contribution in [3.8, 4) is 5.75 Å². The molecule has 0 aromatic heterocycles. The second-order valence-electron chi connectivity index (χ2n) is 2.10. The third-order valence-corrected chi connectivity index (χ3v) is 2.88. The summed E-state index contributed by atoms with van der Waals surface area (Å²) in [5.41, 5.74) is 0.515. The van der Waals surface area contributed by atoms with E-state index in [0.717, 1.165) is 6.29 Å². The van der Waals surface area contributed by atoms with Crippen molar-refractivity contribution >= 4 is 33.8 Å². The van der Waals surface area contributed by atoms with Crippen LogP contribution in [0.15, 0.2) is 16.6 Å². The minimum absolute atomic E-state index is 0.419. The molecule has 1 aromatic carbocycles. The van der Waals surface area contributed by atoms with Crippen LogP contribution in [0.1, 0.15) is 10.4 Å². The molecule has 0 aliphatic heterocycles. The summed E-state index contributed by atoms with van der Waals surface area (Å²) >= 11 is 9.04. The van der Waals surface area contributed by atoms with E-state index in [1.807, 2.05) is 0 Å². The molecule has 0 saturated carbocycles. The van der Waals surface area contributed by atoms with Gasteiger partial charge in [0.15, 0.2) is 6.29 Å². The Balaban J connectivity index is 3.29. The van der Waals surface area contributed by atoms with E-state index < -0.39 is 0 Å². The van der Waals surface area contributed by atoms with Crippen LogP contribution in [-0.4, -0.2) is 13.4 Å². The second-order valence-corrected chi connectivity index (χ2v) is 3.27. The third kappa shape index (κ3) is 1.62. The van der Waals surface area contributed by atoms with E-state index in [1.54, 1.807) is 12.1 Å². The van der Waals surface area contributed by atoms with Crippen molar-refractivity contribution in [1.29, 1.82) is 0 Å². The molecule has 12 heavy (non-hydrogen) atoms. The molecule has 0 saturated heterocycles. The number of ether oxygens (including phenoxy) is 1. The summed E-state index contributed by atoms with van der Waals surface area (Å²) in [4.78, 5) is 10.4. The average molecular weight is 249 g/mol. The van der Waals surface area contributed by atoms with Crippen LogP contribution in [-0.2, 0) is 0 Å². The molecule has 0 unspecified atom stereocenters. The van der Waals surface area contributed by atoms with Crippen molar-refractivity contribution in [1.82, 2.24) is 0 Å². The van der Waals surface area contributed by atoms with E-state index in [0.29, 0.717) is 20.8 Å². The summed E-state index contributed by atoms with van der Waals surface area (Å²) in [6.45, 7) is 0. The Hall–Kier alpha value is -0.540. The molecule has 1 aromatic rings. The highest BCUT2D eigenvalue weighted by Crippen LogP contribution is 2.33. The topological polar surface area (TPSA) is 26.3 Å². The highest BCUT2D eigenvalue weighted by Gasteiger charge is 2.08. The number of rotatable bonds is 2. The van der Waals surface area contributed by atoms with Crippen molar-refractivity contribution in [3.05, 3.63) is 27.2 Å². The lowest BCUT2D eigenvalue weighted by molar-refractivity contribution is 0.112. The molecule has 0 fully saturated rings. The van der Waals surface area contributed by atoms with Gasteiger partial charge in [-0.25, -0.2) is 0 Å². The Morgan fingerprint density at radius 2 is 2.25 bits per heavy atom. The fraction of sp³-hybridized carbons (Fsp3) is 0.125. The number of hydrogen-bond acceptors (Lipinski definition) is 2. The maximum Gasteiger partial charge on any atom is 0.151 e. The fourth-order valence-electron chi connectivity index (χ4n) is 0.795. The molecule has 2 nitrogen and oxygen atoms in total. The lowest BCUT2D eigenvalue weighted by Gasteiger charge is -2.05. The molecule has 0 aliphatic rings. The number of hydrogen-bond donors (Lipinski definition) is 0. The summed E-state index contributed by atoms with van der Waals surface area (Å²) in [7, 11) is 1.52. The Morgan fingerprint density at radius 3 is 2.75 bits per heavy atom. The van der Waals surface area contributed by atoms with Crippen LogP contribution in [0.5, 0.6) is 5.75 Å². The van der Waals surface area contributed by atoms with Crippen molar-refractivity contribution in [3.63, 3.8) is 0 Å². The quantitative estimate of drug-likeness (QED) is 0.753. The van der Waals surface area contributed by atoms with Crippen LogP contribution in [0, 0.1) is 0 Å². The van der Waals surface area contributed by atoms with Gasteiger partial charge in [-0.05, 0) is 28.1 Å². The van der Waals surface area contributed by atoms with Crippen LogP contribution in [0.4, 0.5) is 0 Å². The second kappa shape index (κ2) is 3.92. The first-order chi connectivity index (χ1) is 5.70. The van der Waals surface area contributed by atoms with E-state index in [9.17, 15) is 4.79 Å². The maximum atomic E-state index is 10.4. The number of halogens is 2. The normalized spacial score (nSPS) is 9.58. The van der Waals surface area contributed by atoms with E-state index in [2.05, 4.69) is 15.9 Å². The highest BCUT2D eigenvalue weighted by molar-refractivity contribution is 9.10. The van der Waals surface area contributed by atoms with Crippen LogP contribution in [0.25, 0.3) is 0 Å². The van der Waals surface area contributed by atoms with Crippen molar-refractivity contribution in [2.45, 2.75) is 0 Å². The third-order valence-electron chi connectivity index (χ3n) is 1.42. The summed E-state index contributed by atoms with van der Waals surface area (Å²) < 4.78 is 5.52. The molecule has 64 valence electrons. The first-order valence-electron chi connectivity index (χ1n) is 3.18. The molecule has 0 radical (unpaired) electrons. The minimum atomic E-state index is 0.419. The van der Waals surface area contributed by atoms with Gasteiger partial charge in [0, 0.05) is 5.56 Å². The van der Waals surface area contributed by atoms with E-state index >= 15 is 0 Å².